The van der Waals surface area contributed by atoms with Crippen LogP contribution in [0.5, 0.6) is 11.5 Å². The smallest absolute Gasteiger partial charge is 0.161 e. The lowest BCUT2D eigenvalue weighted by Gasteiger charge is -2.19. The highest BCUT2D eigenvalue weighted by Crippen LogP contribution is 2.34. The van der Waals surface area contributed by atoms with Gasteiger partial charge in [0.2, 0.25) is 0 Å². The van der Waals surface area contributed by atoms with Crippen molar-refractivity contribution >= 4 is 12.4 Å². The van der Waals surface area contributed by atoms with Gasteiger partial charge in [0.1, 0.15) is 13.2 Å². The van der Waals surface area contributed by atoms with Crippen molar-refractivity contribution in [2.24, 2.45) is 5.73 Å². The van der Waals surface area contributed by atoms with Crippen LogP contribution in [-0.2, 0) is 6.54 Å². The van der Waals surface area contributed by atoms with Gasteiger partial charge < -0.3 is 15.2 Å². The van der Waals surface area contributed by atoms with Crippen LogP contribution in [0.15, 0.2) is 36.4 Å². The summed E-state index contributed by atoms with van der Waals surface area (Å²) in [5.74, 6) is 1.65. The molecule has 0 radical (unpaired) electrons. The van der Waals surface area contributed by atoms with Gasteiger partial charge in [-0.3, -0.25) is 0 Å². The normalized spacial score (nSPS) is 12.7. The van der Waals surface area contributed by atoms with E-state index in [-0.39, 0.29) is 12.4 Å². The highest BCUT2D eigenvalue weighted by molar-refractivity contribution is 5.85. The maximum Gasteiger partial charge on any atom is 0.161 e. The summed E-state index contributed by atoms with van der Waals surface area (Å²) in [6.45, 7) is 3.90. The maximum absolute atomic E-state index is 5.69. The Morgan fingerprint density at radius 3 is 2.30 bits per heavy atom. The molecule has 106 valence electrons. The average Bonchev–Trinajstić information content (AvgIpc) is 2.46. The number of halogens is 1. The Morgan fingerprint density at radius 1 is 0.950 bits per heavy atom. The fraction of sp³-hybridized carbons (Fsp3) is 0.250. The van der Waals surface area contributed by atoms with Crippen LogP contribution in [0, 0.1) is 6.92 Å². The van der Waals surface area contributed by atoms with Gasteiger partial charge in [-0.15, -0.1) is 12.4 Å². The number of aryl methyl sites for hydroxylation is 1. The van der Waals surface area contributed by atoms with Crippen LogP contribution >= 0.6 is 12.4 Å². The van der Waals surface area contributed by atoms with Gasteiger partial charge in [0.05, 0.1) is 0 Å². The zero-order valence-electron chi connectivity index (χ0n) is 11.4. The monoisotopic (exact) mass is 291 g/mol. The number of benzene rings is 2. The number of hydrogen-bond donors (Lipinski definition) is 1. The van der Waals surface area contributed by atoms with Crippen molar-refractivity contribution in [3.63, 3.8) is 0 Å². The minimum atomic E-state index is 0. The van der Waals surface area contributed by atoms with Gasteiger partial charge in [0, 0.05) is 6.54 Å². The second-order valence-corrected chi connectivity index (χ2v) is 4.70. The van der Waals surface area contributed by atoms with E-state index in [0.29, 0.717) is 19.8 Å². The molecule has 2 N–H and O–H groups in total. The minimum Gasteiger partial charge on any atom is -0.486 e. The number of nitrogens with two attached hydrogens (primary N) is 1. The quantitative estimate of drug-likeness (QED) is 0.923. The predicted octanol–water partition coefficient (Wildman–Crippen LogP) is 3.31. The summed E-state index contributed by atoms with van der Waals surface area (Å²) < 4.78 is 11.1. The lowest BCUT2D eigenvalue weighted by Crippen LogP contribution is -2.15. The van der Waals surface area contributed by atoms with E-state index in [2.05, 4.69) is 31.2 Å². The molecule has 0 saturated carbocycles. The number of fused-ring (bicyclic) bond motifs is 1. The summed E-state index contributed by atoms with van der Waals surface area (Å²) in [4.78, 5) is 0. The highest BCUT2D eigenvalue weighted by atomic mass is 35.5. The molecule has 0 aliphatic carbocycles. The third-order valence-electron chi connectivity index (χ3n) is 3.44. The van der Waals surface area contributed by atoms with Gasteiger partial charge >= 0.3 is 0 Å². The van der Waals surface area contributed by atoms with Crippen LogP contribution in [0.1, 0.15) is 11.1 Å². The van der Waals surface area contributed by atoms with Crippen LogP contribution in [0.4, 0.5) is 0 Å². The summed E-state index contributed by atoms with van der Waals surface area (Å²) in [6.07, 6.45) is 0. The van der Waals surface area contributed by atoms with E-state index in [9.17, 15) is 0 Å². The molecule has 0 fully saturated rings. The molecule has 3 rings (SSSR count). The first-order valence-electron chi connectivity index (χ1n) is 6.47. The van der Waals surface area contributed by atoms with Crippen molar-refractivity contribution in [2.75, 3.05) is 13.2 Å². The maximum atomic E-state index is 5.69. The van der Waals surface area contributed by atoms with Crippen molar-refractivity contribution in [1.29, 1.82) is 0 Å². The van der Waals surface area contributed by atoms with Crippen LogP contribution in [0.25, 0.3) is 11.1 Å². The molecule has 0 unspecified atom stereocenters. The molecule has 1 aliphatic heterocycles. The standard InChI is InChI=1S/C16H17NO2.ClH/c1-11-8-12(2-3-14(11)10-17)13-4-5-15-16(9-13)19-7-6-18-15;/h2-5,8-9H,6-7,10,17H2,1H3;1H. The third kappa shape index (κ3) is 2.74. The lowest BCUT2D eigenvalue weighted by atomic mass is 9.99. The topological polar surface area (TPSA) is 44.5 Å². The Bertz CT molecular complexity index is 613. The van der Waals surface area contributed by atoms with Crippen molar-refractivity contribution in [2.45, 2.75) is 13.5 Å². The molecule has 0 aromatic heterocycles. The molecule has 0 spiro atoms. The molecule has 0 amide bonds. The van der Waals surface area contributed by atoms with E-state index in [0.717, 1.165) is 17.1 Å². The molecule has 1 aliphatic rings. The van der Waals surface area contributed by atoms with E-state index in [1.54, 1.807) is 0 Å². The molecule has 3 nitrogen and oxygen atoms in total. The van der Waals surface area contributed by atoms with Crippen molar-refractivity contribution < 1.29 is 9.47 Å². The SMILES string of the molecule is Cc1cc(-c2ccc3c(c2)OCCO3)ccc1CN.Cl. The zero-order valence-corrected chi connectivity index (χ0v) is 12.2. The van der Waals surface area contributed by atoms with Crippen LogP contribution in [0.3, 0.4) is 0 Å². The first-order valence-corrected chi connectivity index (χ1v) is 6.47. The summed E-state index contributed by atoms with van der Waals surface area (Å²) >= 11 is 0. The van der Waals surface area contributed by atoms with Gasteiger partial charge in [-0.2, -0.15) is 0 Å². The van der Waals surface area contributed by atoms with Gasteiger partial charge in [-0.25, -0.2) is 0 Å². The molecular formula is C16H18ClNO2. The van der Waals surface area contributed by atoms with Crippen molar-refractivity contribution in [3.8, 4) is 22.6 Å². The van der Waals surface area contributed by atoms with Gasteiger partial charge in [0.15, 0.2) is 11.5 Å². The lowest BCUT2D eigenvalue weighted by molar-refractivity contribution is 0.171. The van der Waals surface area contributed by atoms with E-state index < -0.39 is 0 Å². The Balaban J connectivity index is 0.00000147. The van der Waals surface area contributed by atoms with Gasteiger partial charge in [-0.05, 0) is 41.3 Å². The highest BCUT2D eigenvalue weighted by Gasteiger charge is 2.12. The Labute approximate surface area is 125 Å². The molecule has 0 atom stereocenters. The molecule has 1 heterocycles. The molecule has 2 aromatic rings. The van der Waals surface area contributed by atoms with Crippen molar-refractivity contribution in [1.82, 2.24) is 0 Å². The molecule has 20 heavy (non-hydrogen) atoms. The summed E-state index contributed by atoms with van der Waals surface area (Å²) in [5, 5.41) is 0. The summed E-state index contributed by atoms with van der Waals surface area (Å²) in [6, 6.07) is 12.4. The fourth-order valence-electron chi connectivity index (χ4n) is 2.33. The van der Waals surface area contributed by atoms with E-state index >= 15 is 0 Å². The number of ether oxygens (including phenoxy) is 2. The van der Waals surface area contributed by atoms with E-state index in [4.69, 9.17) is 15.2 Å². The zero-order chi connectivity index (χ0) is 13.2. The van der Waals surface area contributed by atoms with E-state index in [1.165, 1.54) is 16.7 Å². The molecule has 0 bridgehead atoms. The third-order valence-corrected chi connectivity index (χ3v) is 3.44. The van der Waals surface area contributed by atoms with Crippen LogP contribution < -0.4 is 15.2 Å². The summed E-state index contributed by atoms with van der Waals surface area (Å²) in [5.41, 5.74) is 10.4. The fourth-order valence-corrected chi connectivity index (χ4v) is 2.33. The Hall–Kier alpha value is -1.71. The molecule has 4 heteroatoms. The Kier molecular flexibility index (Phi) is 4.53. The average molecular weight is 292 g/mol. The van der Waals surface area contributed by atoms with E-state index in [1.807, 2.05) is 12.1 Å². The Morgan fingerprint density at radius 2 is 1.60 bits per heavy atom. The van der Waals surface area contributed by atoms with Gasteiger partial charge in [0.25, 0.3) is 0 Å². The number of rotatable bonds is 2. The predicted molar refractivity (Wildman–Crippen MR) is 82.7 cm³/mol. The second-order valence-electron chi connectivity index (χ2n) is 4.70. The molecule has 2 aromatic carbocycles. The van der Waals surface area contributed by atoms with Crippen molar-refractivity contribution in [3.05, 3.63) is 47.5 Å². The first kappa shape index (κ1) is 14.7. The summed E-state index contributed by atoms with van der Waals surface area (Å²) in [7, 11) is 0. The molecular weight excluding hydrogens is 274 g/mol. The second kappa shape index (κ2) is 6.16. The molecule has 0 saturated heterocycles. The minimum absolute atomic E-state index is 0. The van der Waals surface area contributed by atoms with Crippen LogP contribution in [-0.4, -0.2) is 13.2 Å². The van der Waals surface area contributed by atoms with Crippen LogP contribution in [0.2, 0.25) is 0 Å². The number of hydrogen-bond acceptors (Lipinski definition) is 3. The van der Waals surface area contributed by atoms with Gasteiger partial charge in [-0.1, -0.05) is 24.3 Å². The first-order chi connectivity index (χ1) is 9.28. The largest absolute Gasteiger partial charge is 0.486 e.